The summed E-state index contributed by atoms with van der Waals surface area (Å²) in [6.07, 6.45) is 4.41. The number of fused-ring (bicyclic) bond motifs is 1. The number of nitrogens with one attached hydrogen (secondary N) is 1. The van der Waals surface area contributed by atoms with Crippen molar-refractivity contribution in [3.8, 4) is 0 Å². The fourth-order valence-electron chi connectivity index (χ4n) is 3.53. The van der Waals surface area contributed by atoms with Gasteiger partial charge in [-0.05, 0) is 45.6 Å². The highest BCUT2D eigenvalue weighted by atomic mass is 16.5. The minimum atomic E-state index is -0.149. The van der Waals surface area contributed by atoms with Crippen LogP contribution in [0.2, 0.25) is 0 Å². The summed E-state index contributed by atoms with van der Waals surface area (Å²) in [6, 6.07) is 1.93. The first-order chi connectivity index (χ1) is 12.5. The number of hydrogen-bond donors (Lipinski definition) is 1. The van der Waals surface area contributed by atoms with Crippen LogP contribution in [0.25, 0.3) is 11.1 Å². The van der Waals surface area contributed by atoms with Gasteiger partial charge in [0.25, 0.3) is 11.6 Å². The van der Waals surface area contributed by atoms with E-state index in [9.17, 15) is 4.79 Å². The van der Waals surface area contributed by atoms with E-state index in [1.54, 1.807) is 4.68 Å². The molecule has 1 N–H and O–H groups in total. The van der Waals surface area contributed by atoms with Gasteiger partial charge in [-0.2, -0.15) is 5.10 Å². The smallest absolute Gasteiger partial charge is 0.259 e. The molecule has 3 heterocycles. The zero-order chi connectivity index (χ0) is 18.0. The molecule has 0 bridgehead atoms. The zero-order valence-electron chi connectivity index (χ0n) is 15.2. The molecule has 0 unspecified atom stereocenters. The second kappa shape index (κ2) is 5.40. The summed E-state index contributed by atoms with van der Waals surface area (Å²) in [4.78, 5) is 17.8. The van der Waals surface area contributed by atoms with Gasteiger partial charge in [-0.1, -0.05) is 5.16 Å². The molecule has 0 radical (unpaired) electrons. The molecule has 2 aliphatic carbocycles. The van der Waals surface area contributed by atoms with E-state index in [2.05, 4.69) is 20.6 Å². The number of aromatic nitrogens is 4. The van der Waals surface area contributed by atoms with Crippen LogP contribution < -0.4 is 5.32 Å². The van der Waals surface area contributed by atoms with Crippen LogP contribution in [0.4, 0.5) is 5.69 Å². The number of carbonyl (C=O) groups is 1. The summed E-state index contributed by atoms with van der Waals surface area (Å²) in [5.41, 5.74) is 5.40. The van der Waals surface area contributed by atoms with Gasteiger partial charge in [-0.15, -0.1) is 0 Å². The van der Waals surface area contributed by atoms with Gasteiger partial charge in [0.1, 0.15) is 0 Å². The van der Waals surface area contributed by atoms with Crippen molar-refractivity contribution in [1.29, 1.82) is 0 Å². The lowest BCUT2D eigenvalue weighted by molar-refractivity contribution is 0.102. The molecule has 0 saturated heterocycles. The summed E-state index contributed by atoms with van der Waals surface area (Å²) in [7, 11) is 1.87. The molecular weight excluding hydrogens is 330 g/mol. The SMILES string of the molecule is Cc1nn(C)c(C)c1NC(=O)c1cc(C2CC2)nc2onc(C3CC3)c12. The summed E-state index contributed by atoms with van der Waals surface area (Å²) < 4.78 is 7.28. The maximum atomic E-state index is 13.2. The zero-order valence-corrected chi connectivity index (χ0v) is 15.2. The Morgan fingerprint density at radius 1 is 1.23 bits per heavy atom. The monoisotopic (exact) mass is 351 g/mol. The highest BCUT2D eigenvalue weighted by Gasteiger charge is 2.34. The van der Waals surface area contributed by atoms with Gasteiger partial charge in [-0.3, -0.25) is 9.48 Å². The molecule has 2 aliphatic rings. The second-order valence-corrected chi connectivity index (χ2v) is 7.51. The molecule has 0 atom stereocenters. The second-order valence-electron chi connectivity index (χ2n) is 7.51. The summed E-state index contributed by atoms with van der Waals surface area (Å²) in [6.45, 7) is 3.85. The third-order valence-electron chi connectivity index (χ3n) is 5.44. The van der Waals surface area contributed by atoms with Crippen LogP contribution in [0.5, 0.6) is 0 Å². The van der Waals surface area contributed by atoms with Gasteiger partial charge >= 0.3 is 0 Å². The van der Waals surface area contributed by atoms with Gasteiger partial charge in [0.15, 0.2) is 0 Å². The lowest BCUT2D eigenvalue weighted by Gasteiger charge is -2.09. The maximum Gasteiger partial charge on any atom is 0.259 e. The van der Waals surface area contributed by atoms with Crippen LogP contribution >= 0.6 is 0 Å². The van der Waals surface area contributed by atoms with Gasteiger partial charge in [0.05, 0.1) is 33.7 Å². The number of anilines is 1. The molecule has 7 heteroatoms. The largest absolute Gasteiger partial charge is 0.335 e. The third-order valence-corrected chi connectivity index (χ3v) is 5.44. The number of pyridine rings is 1. The van der Waals surface area contributed by atoms with Crippen molar-refractivity contribution in [3.05, 3.63) is 34.4 Å². The van der Waals surface area contributed by atoms with E-state index in [1.807, 2.05) is 27.0 Å². The van der Waals surface area contributed by atoms with E-state index in [4.69, 9.17) is 4.52 Å². The van der Waals surface area contributed by atoms with Crippen LogP contribution in [0.15, 0.2) is 10.6 Å². The van der Waals surface area contributed by atoms with E-state index < -0.39 is 0 Å². The number of hydrogen-bond acceptors (Lipinski definition) is 5. The Morgan fingerprint density at radius 3 is 2.58 bits per heavy atom. The molecule has 3 aromatic heterocycles. The molecule has 0 aliphatic heterocycles. The number of carbonyl (C=O) groups excluding carboxylic acids is 1. The van der Waals surface area contributed by atoms with Crippen molar-refractivity contribution >= 4 is 22.7 Å². The molecule has 7 nitrogen and oxygen atoms in total. The van der Waals surface area contributed by atoms with E-state index in [0.29, 0.717) is 23.1 Å². The first-order valence-electron chi connectivity index (χ1n) is 9.14. The standard InChI is InChI=1S/C19H21N5O2/c1-9-16(10(2)24(3)22-9)21-18(25)13-8-14(11-4-5-11)20-19-15(13)17(23-26-19)12-6-7-12/h8,11-12H,4-7H2,1-3H3,(H,21,25). The Labute approximate surface area is 150 Å². The first kappa shape index (κ1) is 15.5. The molecule has 0 spiro atoms. The van der Waals surface area contributed by atoms with Crippen molar-refractivity contribution < 1.29 is 9.32 Å². The lowest BCUT2D eigenvalue weighted by atomic mass is 10.0. The molecule has 2 fully saturated rings. The Bertz CT molecular complexity index is 1040. The molecule has 26 heavy (non-hydrogen) atoms. The minimum Gasteiger partial charge on any atom is -0.335 e. The topological polar surface area (TPSA) is 85.8 Å². The van der Waals surface area contributed by atoms with Gasteiger partial charge < -0.3 is 9.84 Å². The van der Waals surface area contributed by atoms with Crippen molar-refractivity contribution in [2.45, 2.75) is 51.4 Å². The average molecular weight is 351 g/mol. The molecular formula is C19H21N5O2. The van der Waals surface area contributed by atoms with Crippen LogP contribution in [-0.4, -0.2) is 25.8 Å². The number of rotatable bonds is 4. The van der Waals surface area contributed by atoms with Gasteiger partial charge in [0.2, 0.25) is 0 Å². The van der Waals surface area contributed by atoms with Crippen LogP contribution in [-0.2, 0) is 7.05 Å². The summed E-state index contributed by atoms with van der Waals surface area (Å²) in [5, 5.41) is 12.4. The predicted octanol–water partition coefficient (Wildman–Crippen LogP) is 3.58. The Hall–Kier alpha value is -2.70. The lowest BCUT2D eigenvalue weighted by Crippen LogP contribution is -2.15. The Morgan fingerprint density at radius 2 is 1.96 bits per heavy atom. The Balaban J connectivity index is 1.61. The van der Waals surface area contributed by atoms with Gasteiger partial charge in [-0.25, -0.2) is 4.98 Å². The van der Waals surface area contributed by atoms with E-state index in [-0.39, 0.29) is 5.91 Å². The highest BCUT2D eigenvalue weighted by Crippen LogP contribution is 2.45. The maximum absolute atomic E-state index is 13.2. The number of amides is 1. The molecule has 5 rings (SSSR count). The molecule has 134 valence electrons. The Kier molecular flexibility index (Phi) is 3.23. The molecule has 3 aromatic rings. The van der Waals surface area contributed by atoms with Crippen LogP contribution in [0, 0.1) is 13.8 Å². The highest BCUT2D eigenvalue weighted by molar-refractivity contribution is 6.13. The number of aryl methyl sites for hydroxylation is 2. The summed E-state index contributed by atoms with van der Waals surface area (Å²) >= 11 is 0. The van der Waals surface area contributed by atoms with E-state index in [0.717, 1.165) is 59.5 Å². The fourth-order valence-corrected chi connectivity index (χ4v) is 3.53. The van der Waals surface area contributed by atoms with Crippen molar-refractivity contribution in [2.75, 3.05) is 5.32 Å². The van der Waals surface area contributed by atoms with Crippen molar-refractivity contribution in [2.24, 2.45) is 7.05 Å². The molecule has 2 saturated carbocycles. The van der Waals surface area contributed by atoms with Crippen LogP contribution in [0.1, 0.15) is 70.7 Å². The van der Waals surface area contributed by atoms with E-state index >= 15 is 0 Å². The van der Waals surface area contributed by atoms with Crippen LogP contribution in [0.3, 0.4) is 0 Å². The summed E-state index contributed by atoms with van der Waals surface area (Å²) in [5.74, 6) is 0.670. The number of nitrogens with zero attached hydrogens (tertiary/aromatic N) is 4. The van der Waals surface area contributed by atoms with Crippen molar-refractivity contribution in [1.82, 2.24) is 19.9 Å². The normalized spacial score (nSPS) is 17.0. The van der Waals surface area contributed by atoms with Crippen molar-refractivity contribution in [3.63, 3.8) is 0 Å². The minimum absolute atomic E-state index is 0.149. The average Bonchev–Trinajstić information content (AvgIpc) is 3.54. The first-order valence-corrected chi connectivity index (χ1v) is 9.14. The van der Waals surface area contributed by atoms with E-state index in [1.165, 1.54) is 0 Å². The van der Waals surface area contributed by atoms with Gasteiger partial charge in [0, 0.05) is 24.6 Å². The fraction of sp³-hybridized carbons (Fsp3) is 0.474. The third kappa shape index (κ3) is 2.41. The quantitative estimate of drug-likeness (QED) is 0.776. The predicted molar refractivity (Wildman–Crippen MR) is 96.4 cm³/mol. The molecule has 0 aromatic carbocycles. The molecule has 1 amide bonds.